The number of rotatable bonds is 3. The van der Waals surface area contributed by atoms with Crippen molar-refractivity contribution in [1.82, 2.24) is 14.4 Å². The summed E-state index contributed by atoms with van der Waals surface area (Å²) >= 11 is 5.98. The first-order valence-electron chi connectivity index (χ1n) is 7.64. The summed E-state index contributed by atoms with van der Waals surface area (Å²) in [5.74, 6) is 0.907. The van der Waals surface area contributed by atoms with Crippen LogP contribution in [-0.4, -0.2) is 14.4 Å². The molecule has 0 bridgehead atoms. The number of aryl methyl sites for hydroxylation is 1. The Hall–Kier alpha value is -2.85. The first-order valence-corrected chi connectivity index (χ1v) is 8.02. The van der Waals surface area contributed by atoms with Gasteiger partial charge in [0.1, 0.15) is 11.5 Å². The van der Waals surface area contributed by atoms with Gasteiger partial charge in [0.15, 0.2) is 5.65 Å². The van der Waals surface area contributed by atoms with E-state index >= 15 is 0 Å². The molecule has 1 N–H and O–H groups in total. The molecule has 0 saturated heterocycles. The maximum atomic E-state index is 5.98. The molecule has 5 heteroatoms. The molecule has 0 spiro atoms. The third-order valence-electron chi connectivity index (χ3n) is 3.87. The number of fused-ring (bicyclic) bond motifs is 1. The van der Waals surface area contributed by atoms with Crippen molar-refractivity contribution in [2.24, 2.45) is 0 Å². The molecule has 0 atom stereocenters. The second-order valence-electron chi connectivity index (χ2n) is 5.51. The van der Waals surface area contributed by atoms with Crippen molar-refractivity contribution in [3.8, 4) is 11.3 Å². The van der Waals surface area contributed by atoms with Gasteiger partial charge in [0, 0.05) is 28.7 Å². The van der Waals surface area contributed by atoms with E-state index in [1.807, 2.05) is 60.0 Å². The third kappa shape index (κ3) is 2.61. The van der Waals surface area contributed by atoms with E-state index in [0.717, 1.165) is 34.1 Å². The van der Waals surface area contributed by atoms with Gasteiger partial charge < -0.3 is 5.32 Å². The molecular formula is C19H15ClN4. The third-order valence-corrected chi connectivity index (χ3v) is 4.12. The average molecular weight is 335 g/mol. The van der Waals surface area contributed by atoms with Crippen molar-refractivity contribution in [2.75, 3.05) is 5.32 Å². The van der Waals surface area contributed by atoms with Gasteiger partial charge in [-0.2, -0.15) is 0 Å². The lowest BCUT2D eigenvalue weighted by Crippen LogP contribution is -1.98. The molecule has 4 rings (SSSR count). The summed E-state index contributed by atoms with van der Waals surface area (Å²) in [4.78, 5) is 9.15. The van der Waals surface area contributed by atoms with Crippen molar-refractivity contribution in [2.45, 2.75) is 6.92 Å². The van der Waals surface area contributed by atoms with Crippen LogP contribution in [0, 0.1) is 6.92 Å². The van der Waals surface area contributed by atoms with E-state index in [9.17, 15) is 0 Å². The molecule has 0 amide bonds. The van der Waals surface area contributed by atoms with Crippen LogP contribution in [0.4, 0.5) is 11.5 Å². The smallest absolute Gasteiger partial charge is 0.160 e. The molecule has 2 heterocycles. The highest BCUT2D eigenvalue weighted by Gasteiger charge is 2.15. The maximum Gasteiger partial charge on any atom is 0.160 e. The quantitative estimate of drug-likeness (QED) is 0.566. The number of aromatic nitrogens is 3. The number of halogens is 1. The Morgan fingerprint density at radius 2 is 1.75 bits per heavy atom. The van der Waals surface area contributed by atoms with Crippen LogP contribution in [0.15, 0.2) is 67.0 Å². The van der Waals surface area contributed by atoms with Crippen LogP contribution in [0.1, 0.15) is 5.69 Å². The van der Waals surface area contributed by atoms with Gasteiger partial charge in [-0.05, 0) is 31.2 Å². The summed E-state index contributed by atoms with van der Waals surface area (Å²) in [7, 11) is 0. The molecule has 0 aliphatic rings. The molecule has 4 aromatic rings. The Kier molecular flexibility index (Phi) is 3.67. The number of hydrogen-bond acceptors (Lipinski definition) is 3. The molecule has 118 valence electrons. The molecule has 0 aliphatic heterocycles. The lowest BCUT2D eigenvalue weighted by Gasteiger charge is -2.09. The lowest BCUT2D eigenvalue weighted by atomic mass is 10.1. The maximum absolute atomic E-state index is 5.98. The number of hydrogen-bond donors (Lipinski definition) is 1. The molecule has 0 aliphatic carbocycles. The molecule has 0 fully saturated rings. The van der Waals surface area contributed by atoms with Crippen molar-refractivity contribution in [1.29, 1.82) is 0 Å². The highest BCUT2D eigenvalue weighted by atomic mass is 35.5. The monoisotopic (exact) mass is 334 g/mol. The van der Waals surface area contributed by atoms with Crippen molar-refractivity contribution < 1.29 is 0 Å². The first kappa shape index (κ1) is 14.7. The van der Waals surface area contributed by atoms with E-state index in [4.69, 9.17) is 16.6 Å². The second-order valence-corrected chi connectivity index (χ2v) is 5.95. The minimum Gasteiger partial charge on any atom is -0.339 e. The number of nitrogens with one attached hydrogen (secondary N) is 1. The summed E-state index contributed by atoms with van der Waals surface area (Å²) in [5, 5.41) is 4.17. The summed E-state index contributed by atoms with van der Waals surface area (Å²) in [5.41, 5.74) is 4.62. The minimum atomic E-state index is 0.710. The zero-order chi connectivity index (χ0) is 16.5. The summed E-state index contributed by atoms with van der Waals surface area (Å²) < 4.78 is 2.03. The van der Waals surface area contributed by atoms with Crippen LogP contribution in [0.5, 0.6) is 0 Å². The van der Waals surface area contributed by atoms with Crippen LogP contribution in [0.25, 0.3) is 16.9 Å². The van der Waals surface area contributed by atoms with Crippen LogP contribution in [-0.2, 0) is 0 Å². The minimum absolute atomic E-state index is 0.710. The fourth-order valence-corrected chi connectivity index (χ4v) is 2.82. The molecular weight excluding hydrogens is 320 g/mol. The normalized spacial score (nSPS) is 10.9. The standard InChI is InChI=1S/C19H15ClN4/c1-13-18-23-17(14-5-3-2-4-6-14)19(24(18)12-11-21-13)22-16-9-7-15(20)8-10-16/h2-12,22H,1H3. The van der Waals surface area contributed by atoms with Gasteiger partial charge in [-0.15, -0.1) is 0 Å². The van der Waals surface area contributed by atoms with E-state index in [1.54, 1.807) is 6.20 Å². The van der Waals surface area contributed by atoms with Gasteiger partial charge in [-0.1, -0.05) is 41.9 Å². The SMILES string of the molecule is Cc1nccn2c(Nc3ccc(Cl)cc3)c(-c3ccccc3)nc12. The van der Waals surface area contributed by atoms with Crippen LogP contribution in [0.3, 0.4) is 0 Å². The predicted octanol–water partition coefficient (Wildman–Crippen LogP) is 5.10. The van der Waals surface area contributed by atoms with Gasteiger partial charge in [-0.3, -0.25) is 9.38 Å². The molecule has 0 unspecified atom stereocenters. The van der Waals surface area contributed by atoms with Gasteiger partial charge in [0.05, 0.1) is 5.69 Å². The fraction of sp³-hybridized carbons (Fsp3) is 0.0526. The van der Waals surface area contributed by atoms with E-state index in [-0.39, 0.29) is 0 Å². The summed E-state index contributed by atoms with van der Waals surface area (Å²) in [6.07, 6.45) is 3.70. The summed E-state index contributed by atoms with van der Waals surface area (Å²) in [6.45, 7) is 1.96. The Balaban J connectivity index is 1.91. The van der Waals surface area contributed by atoms with Crippen LogP contribution in [0.2, 0.25) is 5.02 Å². The number of benzene rings is 2. The Bertz CT molecular complexity index is 991. The predicted molar refractivity (Wildman–Crippen MR) is 97.9 cm³/mol. The van der Waals surface area contributed by atoms with Gasteiger partial charge in [0.2, 0.25) is 0 Å². The van der Waals surface area contributed by atoms with E-state index in [0.29, 0.717) is 5.02 Å². The zero-order valence-electron chi connectivity index (χ0n) is 13.1. The van der Waals surface area contributed by atoms with Crippen molar-refractivity contribution >= 4 is 28.8 Å². The molecule has 4 nitrogen and oxygen atoms in total. The number of anilines is 2. The van der Waals surface area contributed by atoms with Gasteiger partial charge >= 0.3 is 0 Å². The van der Waals surface area contributed by atoms with E-state index in [2.05, 4.69) is 22.4 Å². The lowest BCUT2D eigenvalue weighted by molar-refractivity contribution is 1.08. The van der Waals surface area contributed by atoms with Gasteiger partial charge in [-0.25, -0.2) is 4.98 Å². The van der Waals surface area contributed by atoms with Crippen molar-refractivity contribution in [3.05, 3.63) is 77.7 Å². The number of imidazole rings is 1. The van der Waals surface area contributed by atoms with Crippen LogP contribution < -0.4 is 5.32 Å². The van der Waals surface area contributed by atoms with Gasteiger partial charge in [0.25, 0.3) is 0 Å². The zero-order valence-corrected chi connectivity index (χ0v) is 13.8. The first-order chi connectivity index (χ1) is 11.7. The second kappa shape index (κ2) is 5.98. The topological polar surface area (TPSA) is 42.2 Å². The molecule has 2 aromatic heterocycles. The molecule has 24 heavy (non-hydrogen) atoms. The largest absolute Gasteiger partial charge is 0.339 e. The van der Waals surface area contributed by atoms with Crippen LogP contribution >= 0.6 is 11.6 Å². The number of nitrogens with zero attached hydrogens (tertiary/aromatic N) is 3. The Morgan fingerprint density at radius 3 is 2.50 bits per heavy atom. The molecule has 0 radical (unpaired) electrons. The molecule has 2 aromatic carbocycles. The Labute approximate surface area is 144 Å². The molecule has 0 saturated carbocycles. The summed E-state index contributed by atoms with van der Waals surface area (Å²) in [6, 6.07) is 17.7. The highest BCUT2D eigenvalue weighted by Crippen LogP contribution is 2.31. The highest BCUT2D eigenvalue weighted by molar-refractivity contribution is 6.30. The van der Waals surface area contributed by atoms with E-state index in [1.165, 1.54) is 0 Å². The fourth-order valence-electron chi connectivity index (χ4n) is 2.69. The average Bonchev–Trinajstić information content (AvgIpc) is 2.98. The van der Waals surface area contributed by atoms with E-state index < -0.39 is 0 Å². The Morgan fingerprint density at radius 1 is 1.00 bits per heavy atom. The van der Waals surface area contributed by atoms with Crippen molar-refractivity contribution in [3.63, 3.8) is 0 Å².